The average molecular weight is 635 g/mol. The summed E-state index contributed by atoms with van der Waals surface area (Å²) in [6.07, 6.45) is 8.33. The van der Waals surface area contributed by atoms with Gasteiger partial charge in [0, 0.05) is 26.2 Å². The van der Waals surface area contributed by atoms with Crippen LogP contribution in [0.1, 0.15) is 99.3 Å². The van der Waals surface area contributed by atoms with E-state index in [2.05, 4.69) is 51.3 Å². The first kappa shape index (κ1) is 37.3. The van der Waals surface area contributed by atoms with E-state index in [0.29, 0.717) is 75.8 Å². The molecule has 4 aliphatic heterocycles. The van der Waals surface area contributed by atoms with Crippen molar-refractivity contribution in [2.24, 2.45) is 34.5 Å². The smallest absolute Gasteiger partial charge is 0.306 e. The highest BCUT2D eigenvalue weighted by molar-refractivity contribution is 5.79. The van der Waals surface area contributed by atoms with E-state index in [1.807, 2.05) is 9.80 Å². The summed E-state index contributed by atoms with van der Waals surface area (Å²) in [6, 6.07) is 0. The summed E-state index contributed by atoms with van der Waals surface area (Å²) in [5.41, 5.74) is 0.742. The molecule has 2 amide bonds. The molecule has 10 nitrogen and oxygen atoms in total. The first-order chi connectivity index (χ1) is 21.0. The van der Waals surface area contributed by atoms with Crippen LogP contribution in [0.5, 0.6) is 0 Å². The van der Waals surface area contributed by atoms with Crippen molar-refractivity contribution < 1.29 is 29.4 Å². The van der Waals surface area contributed by atoms with E-state index < -0.39 is 11.9 Å². The van der Waals surface area contributed by atoms with E-state index in [9.17, 15) is 19.2 Å². The number of aliphatic carboxylic acids is 2. The number of carboxylic acid groups (broad SMARTS) is 2. The lowest BCUT2D eigenvalue weighted by atomic mass is 9.75. The Morgan fingerprint density at radius 1 is 0.556 bits per heavy atom. The molecule has 0 unspecified atom stereocenters. The Kier molecular flexibility index (Phi) is 13.7. The van der Waals surface area contributed by atoms with Gasteiger partial charge in [-0.2, -0.15) is 0 Å². The summed E-state index contributed by atoms with van der Waals surface area (Å²) >= 11 is 0. The van der Waals surface area contributed by atoms with Gasteiger partial charge in [-0.3, -0.25) is 29.0 Å². The summed E-state index contributed by atoms with van der Waals surface area (Å²) in [5, 5.41) is 18.0. The van der Waals surface area contributed by atoms with Gasteiger partial charge < -0.3 is 20.0 Å². The van der Waals surface area contributed by atoms with Gasteiger partial charge in [0.15, 0.2) is 0 Å². The molecule has 0 spiro atoms. The van der Waals surface area contributed by atoms with Crippen molar-refractivity contribution in [2.45, 2.75) is 99.3 Å². The lowest BCUT2D eigenvalue weighted by molar-refractivity contribution is -0.146. The fourth-order valence-electron chi connectivity index (χ4n) is 7.51. The van der Waals surface area contributed by atoms with Crippen LogP contribution in [-0.2, 0) is 19.2 Å². The zero-order valence-electron chi connectivity index (χ0n) is 29.1. The molecule has 0 saturated carbocycles. The highest BCUT2D eigenvalue weighted by Crippen LogP contribution is 2.34. The Bertz CT molecular complexity index is 973. The zero-order valence-corrected chi connectivity index (χ0v) is 29.1. The third-order valence-corrected chi connectivity index (χ3v) is 10.5. The van der Waals surface area contributed by atoms with Crippen LogP contribution in [0.15, 0.2) is 0 Å². The Balaban J connectivity index is 0.000000246. The molecule has 0 radical (unpaired) electrons. The quantitative estimate of drug-likeness (QED) is 0.419. The maximum absolute atomic E-state index is 12.4. The molecule has 258 valence electrons. The number of rotatable bonds is 7. The van der Waals surface area contributed by atoms with Crippen LogP contribution in [0.4, 0.5) is 0 Å². The summed E-state index contributed by atoms with van der Waals surface area (Å²) < 4.78 is 0. The van der Waals surface area contributed by atoms with E-state index in [1.165, 1.54) is 19.3 Å². The number of amides is 2. The fraction of sp³-hybridized carbons (Fsp3) is 0.886. The molecule has 0 atom stereocenters. The van der Waals surface area contributed by atoms with E-state index in [4.69, 9.17) is 10.2 Å². The van der Waals surface area contributed by atoms with Gasteiger partial charge in [0.2, 0.25) is 11.8 Å². The predicted octanol–water partition coefficient (Wildman–Crippen LogP) is 4.53. The number of piperidine rings is 4. The van der Waals surface area contributed by atoms with Crippen molar-refractivity contribution in [1.82, 2.24) is 19.6 Å². The molecule has 45 heavy (non-hydrogen) atoms. The van der Waals surface area contributed by atoms with Crippen molar-refractivity contribution >= 4 is 23.8 Å². The molecule has 4 heterocycles. The maximum atomic E-state index is 12.4. The predicted molar refractivity (Wildman–Crippen MR) is 176 cm³/mol. The Morgan fingerprint density at radius 2 is 0.911 bits per heavy atom. The number of likely N-dealkylation sites (tertiary alicyclic amines) is 4. The number of carbonyl (C=O) groups excluding carboxylic acids is 2. The zero-order chi connectivity index (χ0) is 33.4. The first-order valence-electron chi connectivity index (χ1n) is 17.5. The molecule has 4 fully saturated rings. The van der Waals surface area contributed by atoms with Gasteiger partial charge in [-0.05, 0) is 107 Å². The molecular formula is C35H62N4O6. The summed E-state index contributed by atoms with van der Waals surface area (Å²) in [5.74, 6) is -0.132. The topological polar surface area (TPSA) is 122 Å². The van der Waals surface area contributed by atoms with E-state index in [0.717, 1.165) is 50.9 Å². The number of hydrogen-bond donors (Lipinski definition) is 2. The summed E-state index contributed by atoms with van der Waals surface area (Å²) in [4.78, 5) is 54.9. The lowest BCUT2D eigenvalue weighted by Gasteiger charge is -2.39. The molecule has 0 aromatic heterocycles. The van der Waals surface area contributed by atoms with Crippen LogP contribution in [0, 0.1) is 34.5 Å². The summed E-state index contributed by atoms with van der Waals surface area (Å²) in [7, 11) is 0. The molecule has 4 rings (SSSR count). The normalized spacial score (nSPS) is 22.5. The number of carbonyl (C=O) groups is 4. The van der Waals surface area contributed by atoms with E-state index >= 15 is 0 Å². The second kappa shape index (κ2) is 16.6. The Morgan fingerprint density at radius 3 is 1.22 bits per heavy atom. The first-order valence-corrected chi connectivity index (χ1v) is 17.5. The fourth-order valence-corrected chi connectivity index (χ4v) is 7.51. The molecule has 0 aliphatic carbocycles. The van der Waals surface area contributed by atoms with Gasteiger partial charge in [-0.25, -0.2) is 0 Å². The molecule has 4 saturated heterocycles. The minimum Gasteiger partial charge on any atom is -0.481 e. The molecule has 0 bridgehead atoms. The number of carboxylic acids is 2. The van der Waals surface area contributed by atoms with Gasteiger partial charge in [-0.1, -0.05) is 41.5 Å². The highest BCUT2D eigenvalue weighted by Gasteiger charge is 2.32. The van der Waals surface area contributed by atoms with Crippen LogP contribution >= 0.6 is 0 Å². The number of nitrogens with zero attached hydrogens (tertiary/aromatic N) is 4. The van der Waals surface area contributed by atoms with Crippen molar-refractivity contribution in [3.8, 4) is 0 Å². The standard InChI is InChI=1S/C18H32N2O3.C17H30N2O3/c1-18(2,3)12-14-4-8-19(9-5-14)13-16(21)20-10-6-15(7-11-20)17(22)23;1-17(2,3)14-6-8-18(9-7-14)12-15(20)19-10-4-13(5-11-19)16(21)22/h14-15H,4-13H2,1-3H3,(H,22,23);13-14H,4-12H2,1-3H3,(H,21,22). The second-order valence-electron chi connectivity index (χ2n) is 16.4. The highest BCUT2D eigenvalue weighted by atomic mass is 16.4. The van der Waals surface area contributed by atoms with Gasteiger partial charge in [0.1, 0.15) is 0 Å². The SMILES string of the molecule is CC(C)(C)C1CCN(CC(=O)N2CCC(C(=O)O)CC2)CC1.CC(C)(C)CC1CCN(CC(=O)N2CCC(C(=O)O)CC2)CC1. The monoisotopic (exact) mass is 634 g/mol. The molecule has 2 N–H and O–H groups in total. The summed E-state index contributed by atoms with van der Waals surface area (Å²) in [6.45, 7) is 21.2. The minimum absolute atomic E-state index is 0.165. The van der Waals surface area contributed by atoms with Gasteiger partial charge >= 0.3 is 11.9 Å². The van der Waals surface area contributed by atoms with Crippen LogP contribution in [0.25, 0.3) is 0 Å². The van der Waals surface area contributed by atoms with E-state index in [-0.39, 0.29) is 23.7 Å². The molecule has 0 aromatic rings. The second-order valence-corrected chi connectivity index (χ2v) is 16.4. The van der Waals surface area contributed by atoms with Gasteiger partial charge in [-0.15, -0.1) is 0 Å². The van der Waals surface area contributed by atoms with Gasteiger partial charge in [0.25, 0.3) is 0 Å². The average Bonchev–Trinajstić information content (AvgIpc) is 2.97. The third kappa shape index (κ3) is 12.5. The van der Waals surface area contributed by atoms with E-state index in [1.54, 1.807) is 0 Å². The lowest BCUT2D eigenvalue weighted by Crippen LogP contribution is -2.47. The molecule has 4 aliphatic rings. The molecule has 0 aromatic carbocycles. The molecular weight excluding hydrogens is 572 g/mol. The van der Waals surface area contributed by atoms with Crippen molar-refractivity contribution in [2.75, 3.05) is 65.4 Å². The minimum atomic E-state index is -0.726. The third-order valence-electron chi connectivity index (χ3n) is 10.5. The largest absolute Gasteiger partial charge is 0.481 e. The Labute approximate surface area is 271 Å². The maximum Gasteiger partial charge on any atom is 0.306 e. The number of hydrogen-bond acceptors (Lipinski definition) is 6. The van der Waals surface area contributed by atoms with Crippen LogP contribution in [-0.4, -0.2) is 119 Å². The van der Waals surface area contributed by atoms with Crippen LogP contribution < -0.4 is 0 Å². The van der Waals surface area contributed by atoms with Crippen LogP contribution in [0.2, 0.25) is 0 Å². The van der Waals surface area contributed by atoms with Crippen molar-refractivity contribution in [1.29, 1.82) is 0 Å². The molecule has 10 heteroatoms. The van der Waals surface area contributed by atoms with Gasteiger partial charge in [0.05, 0.1) is 24.9 Å². The van der Waals surface area contributed by atoms with Crippen LogP contribution in [0.3, 0.4) is 0 Å². The Hall–Kier alpha value is -2.20. The van der Waals surface area contributed by atoms with Crippen molar-refractivity contribution in [3.63, 3.8) is 0 Å². The van der Waals surface area contributed by atoms with Crippen molar-refractivity contribution in [3.05, 3.63) is 0 Å².